The Morgan fingerprint density at radius 3 is 2.45 bits per heavy atom. The Morgan fingerprint density at radius 2 is 1.82 bits per heavy atom. The molecule has 1 aromatic rings. The number of carbonyl (C=O) groups excluding carboxylic acids is 1. The molecule has 1 N–H and O–H groups in total. The molecule has 1 saturated carbocycles. The van der Waals surface area contributed by atoms with Gasteiger partial charge < -0.3 is 14.4 Å². The second kappa shape index (κ2) is 12.9. The van der Waals surface area contributed by atoms with Crippen LogP contribution in [0.1, 0.15) is 56.3 Å². The summed E-state index contributed by atoms with van der Waals surface area (Å²) in [4.78, 5) is 17.3. The van der Waals surface area contributed by atoms with Crippen molar-refractivity contribution >= 4 is 21.6 Å². The SMILES string of the molecule is CO[C@@H]1CN(C)C(=O)c2cc(NS(=O)(=O)CC(F)(F)F)ccc2OC[C@H](C)N(CC2CCCCC2)C[C@H]1C. The molecule has 3 atom stereocenters. The molecular weight excluding hydrogens is 523 g/mol. The van der Waals surface area contributed by atoms with Crippen LogP contribution in [0.2, 0.25) is 0 Å². The highest BCUT2D eigenvalue weighted by atomic mass is 32.2. The second-order valence-corrected chi connectivity index (χ2v) is 12.5. The number of nitrogens with zero attached hydrogens (tertiary/aromatic N) is 2. The number of hydrogen-bond donors (Lipinski definition) is 1. The predicted octanol–water partition coefficient (Wildman–Crippen LogP) is 4.38. The van der Waals surface area contributed by atoms with Gasteiger partial charge in [-0.1, -0.05) is 26.2 Å². The van der Waals surface area contributed by atoms with Crippen LogP contribution in [0.5, 0.6) is 5.75 Å². The molecule has 0 unspecified atom stereocenters. The van der Waals surface area contributed by atoms with E-state index < -0.39 is 27.9 Å². The predicted molar refractivity (Wildman–Crippen MR) is 140 cm³/mol. The second-order valence-electron chi connectivity index (χ2n) is 10.7. The number of halogens is 3. The summed E-state index contributed by atoms with van der Waals surface area (Å²) in [7, 11) is -1.48. The first-order chi connectivity index (χ1) is 17.8. The zero-order chi connectivity index (χ0) is 28.1. The third-order valence-electron chi connectivity index (χ3n) is 7.42. The quantitative estimate of drug-likeness (QED) is 0.553. The van der Waals surface area contributed by atoms with E-state index in [1.807, 2.05) is 4.72 Å². The number of ether oxygens (including phenoxy) is 2. The number of hydrogen-bond acceptors (Lipinski definition) is 6. The van der Waals surface area contributed by atoms with Gasteiger partial charge in [-0.2, -0.15) is 13.2 Å². The average Bonchev–Trinajstić information content (AvgIpc) is 2.83. The topological polar surface area (TPSA) is 88.2 Å². The average molecular weight is 564 g/mol. The van der Waals surface area contributed by atoms with Crippen LogP contribution in [0.4, 0.5) is 18.9 Å². The fraction of sp³-hybridized carbons (Fsp3) is 0.731. The standard InChI is InChI=1S/C26H40F3N3O5S/c1-18-13-32(14-20-8-6-5-7-9-20)19(2)16-37-23-11-10-21(30-38(34,35)17-26(27,28)29)12-22(23)25(33)31(3)15-24(18)36-4/h10-12,18-20,24,30H,5-9,13-17H2,1-4H3/t18-,19+,24-/m1/s1. The summed E-state index contributed by atoms with van der Waals surface area (Å²) >= 11 is 0. The van der Waals surface area contributed by atoms with Gasteiger partial charge in [0, 0.05) is 45.5 Å². The summed E-state index contributed by atoms with van der Waals surface area (Å²) in [6.07, 6.45) is 1.04. The summed E-state index contributed by atoms with van der Waals surface area (Å²) in [5, 5.41) is 0. The van der Waals surface area contributed by atoms with E-state index in [1.54, 1.807) is 14.2 Å². The molecule has 1 fully saturated rings. The highest BCUT2D eigenvalue weighted by Crippen LogP contribution is 2.29. The van der Waals surface area contributed by atoms with Gasteiger partial charge in [-0.15, -0.1) is 0 Å². The van der Waals surface area contributed by atoms with Crippen molar-refractivity contribution in [3.63, 3.8) is 0 Å². The maximum absolute atomic E-state index is 13.4. The Labute approximate surface area is 223 Å². The fourth-order valence-electron chi connectivity index (χ4n) is 5.30. The third kappa shape index (κ3) is 8.74. The van der Waals surface area contributed by atoms with E-state index >= 15 is 0 Å². The molecule has 3 rings (SSSR count). The van der Waals surface area contributed by atoms with Crippen LogP contribution in [0.3, 0.4) is 0 Å². The molecule has 216 valence electrons. The van der Waals surface area contributed by atoms with Crippen molar-refractivity contribution in [2.24, 2.45) is 11.8 Å². The van der Waals surface area contributed by atoms with E-state index in [0.717, 1.165) is 13.1 Å². The van der Waals surface area contributed by atoms with E-state index in [9.17, 15) is 26.4 Å². The molecule has 1 amide bonds. The van der Waals surface area contributed by atoms with Gasteiger partial charge in [0.15, 0.2) is 5.75 Å². The Hall–Kier alpha value is -2.05. The first-order valence-electron chi connectivity index (χ1n) is 13.1. The molecular formula is C26H40F3N3O5S. The number of nitrogens with one attached hydrogen (secondary N) is 1. The molecule has 1 aromatic carbocycles. The highest BCUT2D eigenvalue weighted by molar-refractivity contribution is 7.92. The summed E-state index contributed by atoms with van der Waals surface area (Å²) in [6.45, 7) is 6.49. The van der Waals surface area contributed by atoms with Crippen LogP contribution in [0, 0.1) is 11.8 Å². The summed E-state index contributed by atoms with van der Waals surface area (Å²) in [5.41, 5.74) is -0.0807. The number of anilines is 1. The third-order valence-corrected chi connectivity index (χ3v) is 8.67. The van der Waals surface area contributed by atoms with Crippen molar-refractivity contribution in [1.82, 2.24) is 9.80 Å². The first-order valence-corrected chi connectivity index (χ1v) is 14.8. The molecule has 1 aliphatic heterocycles. The van der Waals surface area contributed by atoms with Crippen molar-refractivity contribution in [2.45, 2.75) is 64.3 Å². The van der Waals surface area contributed by atoms with Crippen LogP contribution in [0.15, 0.2) is 18.2 Å². The first kappa shape index (κ1) is 30.5. The van der Waals surface area contributed by atoms with Gasteiger partial charge in [-0.3, -0.25) is 14.4 Å². The zero-order valence-corrected chi connectivity index (χ0v) is 23.4. The van der Waals surface area contributed by atoms with Crippen molar-refractivity contribution in [3.8, 4) is 5.75 Å². The zero-order valence-electron chi connectivity index (χ0n) is 22.6. The Balaban J connectivity index is 1.90. The maximum atomic E-state index is 13.4. The number of carbonyl (C=O) groups is 1. The van der Waals surface area contributed by atoms with Gasteiger partial charge in [0.05, 0.1) is 11.7 Å². The lowest BCUT2D eigenvalue weighted by Crippen LogP contribution is -2.48. The lowest BCUT2D eigenvalue weighted by atomic mass is 9.88. The molecule has 1 aliphatic carbocycles. The number of fused-ring (bicyclic) bond motifs is 1. The highest BCUT2D eigenvalue weighted by Gasteiger charge is 2.35. The van der Waals surface area contributed by atoms with Crippen LogP contribution < -0.4 is 9.46 Å². The smallest absolute Gasteiger partial charge is 0.404 e. The van der Waals surface area contributed by atoms with Gasteiger partial charge in [0.2, 0.25) is 10.0 Å². The minimum Gasteiger partial charge on any atom is -0.491 e. The molecule has 0 radical (unpaired) electrons. The number of benzene rings is 1. The van der Waals surface area contributed by atoms with Crippen LogP contribution in [-0.4, -0.2) is 88.6 Å². The van der Waals surface area contributed by atoms with Crippen LogP contribution in [0.25, 0.3) is 0 Å². The molecule has 8 nitrogen and oxygen atoms in total. The minimum absolute atomic E-state index is 0.0296. The lowest BCUT2D eigenvalue weighted by molar-refractivity contribution is -0.106. The minimum atomic E-state index is -4.90. The number of rotatable bonds is 6. The molecule has 0 spiro atoms. The molecule has 12 heteroatoms. The number of amides is 1. The molecule has 1 heterocycles. The number of alkyl halides is 3. The molecule has 2 aliphatic rings. The number of methoxy groups -OCH3 is 1. The van der Waals surface area contributed by atoms with E-state index in [2.05, 4.69) is 18.7 Å². The normalized spacial score (nSPS) is 25.2. The van der Waals surface area contributed by atoms with Gasteiger partial charge in [0.1, 0.15) is 12.4 Å². The van der Waals surface area contributed by atoms with Crippen molar-refractivity contribution in [1.29, 1.82) is 0 Å². The lowest BCUT2D eigenvalue weighted by Gasteiger charge is -2.38. The van der Waals surface area contributed by atoms with Crippen molar-refractivity contribution in [2.75, 3.05) is 50.9 Å². The monoisotopic (exact) mass is 563 g/mol. The van der Waals surface area contributed by atoms with Crippen LogP contribution >= 0.6 is 0 Å². The molecule has 0 aromatic heterocycles. The fourth-order valence-corrected chi connectivity index (χ4v) is 6.29. The maximum Gasteiger partial charge on any atom is 0.404 e. The van der Waals surface area contributed by atoms with Crippen molar-refractivity contribution < 1.29 is 35.9 Å². The molecule has 0 saturated heterocycles. The summed E-state index contributed by atoms with van der Waals surface area (Å²) < 4.78 is 75.9. The Morgan fingerprint density at radius 1 is 1.13 bits per heavy atom. The van der Waals surface area contributed by atoms with E-state index in [0.29, 0.717) is 12.5 Å². The van der Waals surface area contributed by atoms with Gasteiger partial charge in [-0.05, 0) is 49.8 Å². The van der Waals surface area contributed by atoms with Crippen LogP contribution in [-0.2, 0) is 14.8 Å². The van der Waals surface area contributed by atoms with Gasteiger partial charge >= 0.3 is 6.18 Å². The largest absolute Gasteiger partial charge is 0.491 e. The summed E-state index contributed by atoms with van der Waals surface area (Å²) in [6, 6.07) is 3.98. The molecule has 38 heavy (non-hydrogen) atoms. The Kier molecular flexibility index (Phi) is 10.3. The van der Waals surface area contributed by atoms with Gasteiger partial charge in [-0.25, -0.2) is 8.42 Å². The van der Waals surface area contributed by atoms with Crippen molar-refractivity contribution in [3.05, 3.63) is 23.8 Å². The van der Waals surface area contributed by atoms with E-state index in [-0.39, 0.29) is 41.6 Å². The van der Waals surface area contributed by atoms with E-state index in [1.165, 1.54) is 55.2 Å². The van der Waals surface area contributed by atoms with E-state index in [4.69, 9.17) is 9.47 Å². The number of sulfonamides is 1. The summed E-state index contributed by atoms with van der Waals surface area (Å²) in [5.74, 6) is -1.49. The number of likely N-dealkylation sites (N-methyl/N-ethyl adjacent to an activating group) is 1. The molecule has 0 bridgehead atoms. The van der Waals surface area contributed by atoms with Gasteiger partial charge in [0.25, 0.3) is 5.91 Å². The Bertz CT molecular complexity index is 1050.